The van der Waals surface area contributed by atoms with Crippen molar-refractivity contribution in [3.05, 3.63) is 48.0 Å². The monoisotopic (exact) mass is 422 g/mol. The minimum Gasteiger partial charge on any atom is -0.491 e. The summed E-state index contributed by atoms with van der Waals surface area (Å²) in [5.74, 6) is 1.60. The molecule has 0 saturated carbocycles. The van der Waals surface area contributed by atoms with Crippen molar-refractivity contribution < 1.29 is 9.53 Å². The molecular weight excluding hydrogens is 392 g/mol. The Morgan fingerprint density at radius 3 is 2.87 bits per heavy atom. The molecule has 3 heterocycles. The van der Waals surface area contributed by atoms with Gasteiger partial charge in [0.15, 0.2) is 11.6 Å². The van der Waals surface area contributed by atoms with E-state index >= 15 is 0 Å². The van der Waals surface area contributed by atoms with Crippen LogP contribution in [0, 0.1) is 0 Å². The molecule has 1 aliphatic rings. The molecule has 0 unspecified atom stereocenters. The lowest BCUT2D eigenvalue weighted by molar-refractivity contribution is -0.119. The van der Waals surface area contributed by atoms with Crippen molar-refractivity contribution in [1.82, 2.24) is 25.2 Å². The van der Waals surface area contributed by atoms with E-state index in [-0.39, 0.29) is 5.91 Å². The van der Waals surface area contributed by atoms with Crippen LogP contribution < -0.4 is 15.0 Å². The van der Waals surface area contributed by atoms with Crippen molar-refractivity contribution in [3.8, 4) is 5.75 Å². The van der Waals surface area contributed by atoms with Crippen LogP contribution in [0.2, 0.25) is 0 Å². The lowest BCUT2D eigenvalue weighted by atomic mass is 10.1. The molecule has 164 valence electrons. The number of aromatic nitrogens is 3. The molecule has 8 nitrogen and oxygen atoms in total. The maximum absolute atomic E-state index is 11.2. The van der Waals surface area contributed by atoms with Gasteiger partial charge in [-0.2, -0.15) is 0 Å². The minimum atomic E-state index is -0.00681. The fourth-order valence-electron chi connectivity index (χ4n) is 4.14. The van der Waals surface area contributed by atoms with E-state index in [0.717, 1.165) is 68.2 Å². The van der Waals surface area contributed by atoms with Crippen molar-refractivity contribution in [3.63, 3.8) is 0 Å². The normalized spacial score (nSPS) is 14.7. The first-order valence-corrected chi connectivity index (χ1v) is 10.8. The summed E-state index contributed by atoms with van der Waals surface area (Å²) in [5.41, 5.74) is 3.61. The highest BCUT2D eigenvalue weighted by atomic mass is 16.5. The highest BCUT2D eigenvalue weighted by Crippen LogP contribution is 2.25. The summed E-state index contributed by atoms with van der Waals surface area (Å²) in [6.45, 7) is 7.10. The van der Waals surface area contributed by atoms with Gasteiger partial charge in [0.1, 0.15) is 6.33 Å². The van der Waals surface area contributed by atoms with Gasteiger partial charge in [-0.1, -0.05) is 6.07 Å². The zero-order chi connectivity index (χ0) is 21.6. The van der Waals surface area contributed by atoms with Crippen LogP contribution in [-0.4, -0.2) is 65.6 Å². The Morgan fingerprint density at radius 2 is 2.10 bits per heavy atom. The lowest BCUT2D eigenvalue weighted by Gasteiger charge is -2.35. The molecule has 1 fully saturated rings. The zero-order valence-corrected chi connectivity index (χ0v) is 18.2. The molecule has 2 aromatic heterocycles. The van der Waals surface area contributed by atoms with Gasteiger partial charge in [-0.3, -0.25) is 9.69 Å². The smallest absolute Gasteiger partial charge is 0.217 e. The Bertz CT molecular complexity index is 1030. The van der Waals surface area contributed by atoms with Gasteiger partial charge >= 0.3 is 0 Å². The molecule has 1 saturated heterocycles. The van der Waals surface area contributed by atoms with E-state index in [9.17, 15) is 4.79 Å². The Labute approximate surface area is 182 Å². The summed E-state index contributed by atoms with van der Waals surface area (Å²) < 4.78 is 5.40. The van der Waals surface area contributed by atoms with Gasteiger partial charge in [0.2, 0.25) is 5.91 Å². The molecule has 0 aliphatic carbocycles. The maximum atomic E-state index is 11.2. The summed E-state index contributed by atoms with van der Waals surface area (Å²) in [6.07, 6.45) is 7.56. The first-order valence-electron chi connectivity index (χ1n) is 10.8. The van der Waals surface area contributed by atoms with Crippen LogP contribution in [-0.2, 0) is 17.8 Å². The molecule has 1 aromatic carbocycles. The Kier molecular flexibility index (Phi) is 6.66. The standard InChI is InChI=1S/C23H30N6O2/c1-17(30)25-13-18-5-6-21-20(12-18)19(14-26-21)4-3-7-28-8-10-29(11-9-28)23-22(31-2)15-24-16-27-23/h5-6,12,14-16,26H,3-4,7-11,13H2,1-2H3,(H,25,30). The van der Waals surface area contributed by atoms with Crippen LogP contribution in [0.25, 0.3) is 10.9 Å². The molecular formula is C23H30N6O2. The number of hydrogen-bond donors (Lipinski definition) is 2. The Balaban J connectivity index is 1.28. The Morgan fingerprint density at radius 1 is 1.26 bits per heavy atom. The fourth-order valence-corrected chi connectivity index (χ4v) is 4.14. The predicted octanol–water partition coefficient (Wildman–Crippen LogP) is 2.36. The topological polar surface area (TPSA) is 86.4 Å². The van der Waals surface area contributed by atoms with Crippen molar-refractivity contribution >= 4 is 22.6 Å². The number of benzene rings is 1. The minimum absolute atomic E-state index is 0.00681. The largest absolute Gasteiger partial charge is 0.491 e. The first kappa shape index (κ1) is 21.1. The van der Waals surface area contributed by atoms with Crippen LogP contribution in [0.15, 0.2) is 36.9 Å². The number of nitrogens with zero attached hydrogens (tertiary/aromatic N) is 4. The summed E-state index contributed by atoms with van der Waals surface area (Å²) in [4.78, 5) is 27.8. The average Bonchev–Trinajstić information content (AvgIpc) is 3.20. The SMILES string of the molecule is COc1cncnc1N1CCN(CCCc2c[nH]c3ccc(CNC(C)=O)cc23)CC1. The summed E-state index contributed by atoms with van der Waals surface area (Å²) in [6, 6.07) is 6.34. The van der Waals surface area contributed by atoms with Crippen molar-refractivity contribution in [2.24, 2.45) is 0 Å². The van der Waals surface area contributed by atoms with Crippen molar-refractivity contribution in [2.45, 2.75) is 26.3 Å². The second kappa shape index (κ2) is 9.78. The van der Waals surface area contributed by atoms with Gasteiger partial charge in [0.25, 0.3) is 0 Å². The van der Waals surface area contributed by atoms with Gasteiger partial charge < -0.3 is 19.9 Å². The number of fused-ring (bicyclic) bond motifs is 1. The molecule has 4 rings (SSSR count). The molecule has 1 amide bonds. The van der Waals surface area contributed by atoms with E-state index in [1.165, 1.54) is 10.9 Å². The number of carbonyl (C=O) groups excluding carboxylic acids is 1. The van der Waals surface area contributed by atoms with Crippen molar-refractivity contribution in [2.75, 3.05) is 44.7 Å². The van der Waals surface area contributed by atoms with Gasteiger partial charge in [-0.05, 0) is 42.6 Å². The zero-order valence-electron chi connectivity index (χ0n) is 18.2. The highest BCUT2D eigenvalue weighted by Gasteiger charge is 2.20. The molecule has 31 heavy (non-hydrogen) atoms. The molecule has 0 spiro atoms. The first-order chi connectivity index (χ1) is 15.1. The molecule has 3 aromatic rings. The summed E-state index contributed by atoms with van der Waals surface area (Å²) in [5, 5.41) is 4.12. The van der Waals surface area contributed by atoms with Gasteiger partial charge in [0.05, 0.1) is 13.3 Å². The highest BCUT2D eigenvalue weighted by molar-refractivity contribution is 5.84. The fraction of sp³-hybridized carbons (Fsp3) is 0.435. The van der Waals surface area contributed by atoms with E-state index in [1.54, 1.807) is 26.6 Å². The second-order valence-electron chi connectivity index (χ2n) is 7.95. The van der Waals surface area contributed by atoms with E-state index < -0.39 is 0 Å². The quantitative estimate of drug-likeness (QED) is 0.580. The number of rotatable bonds is 8. The van der Waals surface area contributed by atoms with Gasteiger partial charge in [-0.25, -0.2) is 9.97 Å². The third-order valence-electron chi connectivity index (χ3n) is 5.84. The number of carbonyl (C=O) groups is 1. The van der Waals surface area contributed by atoms with Crippen LogP contribution in [0.5, 0.6) is 5.75 Å². The third kappa shape index (κ3) is 5.14. The van der Waals surface area contributed by atoms with Crippen LogP contribution >= 0.6 is 0 Å². The maximum Gasteiger partial charge on any atom is 0.217 e. The molecule has 0 radical (unpaired) electrons. The Hall–Kier alpha value is -3.13. The van der Waals surface area contributed by atoms with E-state index in [0.29, 0.717) is 6.54 Å². The molecule has 2 N–H and O–H groups in total. The van der Waals surface area contributed by atoms with Gasteiger partial charge in [-0.15, -0.1) is 0 Å². The number of aryl methyl sites for hydroxylation is 1. The number of hydrogen-bond acceptors (Lipinski definition) is 6. The van der Waals surface area contributed by atoms with Gasteiger partial charge in [0, 0.05) is 56.7 Å². The number of amides is 1. The molecule has 1 aliphatic heterocycles. The van der Waals surface area contributed by atoms with E-state index in [1.807, 2.05) is 0 Å². The number of ether oxygens (including phenoxy) is 1. The molecule has 0 atom stereocenters. The predicted molar refractivity (Wildman–Crippen MR) is 121 cm³/mol. The number of anilines is 1. The molecule has 8 heteroatoms. The number of nitrogens with one attached hydrogen (secondary N) is 2. The lowest BCUT2D eigenvalue weighted by Crippen LogP contribution is -2.47. The van der Waals surface area contributed by atoms with Crippen LogP contribution in [0.3, 0.4) is 0 Å². The summed E-state index contributed by atoms with van der Waals surface area (Å²) >= 11 is 0. The average molecular weight is 423 g/mol. The van der Waals surface area contributed by atoms with Crippen molar-refractivity contribution in [1.29, 1.82) is 0 Å². The number of piperazine rings is 1. The third-order valence-corrected chi connectivity index (χ3v) is 5.84. The van der Waals surface area contributed by atoms with E-state index in [4.69, 9.17) is 4.74 Å². The molecule has 0 bridgehead atoms. The van der Waals surface area contributed by atoms with Crippen LogP contribution in [0.4, 0.5) is 5.82 Å². The second-order valence-corrected chi connectivity index (χ2v) is 7.95. The van der Waals surface area contributed by atoms with Crippen LogP contribution in [0.1, 0.15) is 24.5 Å². The number of H-pyrrole nitrogens is 1. The van der Waals surface area contributed by atoms with E-state index in [2.05, 4.69) is 54.5 Å². The number of methoxy groups -OCH3 is 1. The summed E-state index contributed by atoms with van der Waals surface area (Å²) in [7, 11) is 1.66. The number of aromatic amines is 1.